The number of hydrogen-bond donors (Lipinski definition) is 0. The first kappa shape index (κ1) is 68.8. The van der Waals surface area contributed by atoms with E-state index in [2.05, 4.69) is 130 Å². The fourth-order valence-corrected chi connectivity index (χ4v) is 8.08. The molecule has 0 aromatic rings. The van der Waals surface area contributed by atoms with Crippen LogP contribution in [0.4, 0.5) is 0 Å². The Kier molecular flexibility index (Phi) is 56.9. The van der Waals surface area contributed by atoms with E-state index in [9.17, 15) is 14.4 Å². The topological polar surface area (TPSA) is 78.9 Å². The molecule has 414 valence electrons. The molecule has 6 nitrogen and oxygen atoms in total. The minimum Gasteiger partial charge on any atom is -0.462 e. The average Bonchev–Trinajstić information content (AvgIpc) is 3.39. The van der Waals surface area contributed by atoms with E-state index in [1.807, 2.05) is 6.08 Å². The minimum absolute atomic E-state index is 0.112. The van der Waals surface area contributed by atoms with Gasteiger partial charge >= 0.3 is 17.9 Å². The minimum atomic E-state index is -0.850. The van der Waals surface area contributed by atoms with Gasteiger partial charge in [-0.2, -0.15) is 0 Å². The third kappa shape index (κ3) is 58.6. The highest BCUT2D eigenvalue weighted by Crippen LogP contribution is 2.16. The Labute approximate surface area is 450 Å². The number of rotatable bonds is 53. The third-order valence-electron chi connectivity index (χ3n) is 12.5. The number of esters is 3. The van der Waals surface area contributed by atoms with Crippen LogP contribution in [-0.2, 0) is 28.6 Å². The summed E-state index contributed by atoms with van der Waals surface area (Å²) in [5.74, 6) is -1.12. The smallest absolute Gasteiger partial charge is 0.309 e. The van der Waals surface area contributed by atoms with E-state index in [0.29, 0.717) is 12.8 Å². The molecule has 0 saturated carbocycles. The molecule has 0 heterocycles. The van der Waals surface area contributed by atoms with Gasteiger partial charge in [0, 0.05) is 12.8 Å². The van der Waals surface area contributed by atoms with Gasteiger partial charge in [-0.1, -0.05) is 284 Å². The molecule has 0 radical (unpaired) electrons. The van der Waals surface area contributed by atoms with Gasteiger partial charge in [-0.05, 0) is 83.5 Å². The molecule has 1 atom stereocenters. The highest BCUT2D eigenvalue weighted by atomic mass is 16.6. The van der Waals surface area contributed by atoms with Gasteiger partial charge < -0.3 is 14.2 Å². The molecule has 0 aliphatic heterocycles. The summed E-state index contributed by atoms with van der Waals surface area (Å²) in [7, 11) is 0. The molecule has 0 aliphatic rings. The molecule has 0 bridgehead atoms. The van der Waals surface area contributed by atoms with Crippen LogP contribution >= 0.6 is 0 Å². The zero-order valence-electron chi connectivity index (χ0n) is 47.4. The number of unbranched alkanes of at least 4 members (excludes halogenated alkanes) is 23. The van der Waals surface area contributed by atoms with Crippen molar-refractivity contribution in [2.24, 2.45) is 0 Å². The Morgan fingerprint density at radius 1 is 0.301 bits per heavy atom. The highest BCUT2D eigenvalue weighted by Gasteiger charge is 2.19. The van der Waals surface area contributed by atoms with Crippen LogP contribution in [0, 0.1) is 0 Å². The number of hydrogen-bond acceptors (Lipinski definition) is 6. The predicted octanol–water partition coefficient (Wildman–Crippen LogP) is 20.4. The summed E-state index contributed by atoms with van der Waals surface area (Å²) in [6, 6.07) is 0. The Bertz CT molecular complexity index is 1540. The summed E-state index contributed by atoms with van der Waals surface area (Å²) >= 11 is 0. The van der Waals surface area contributed by atoms with Gasteiger partial charge in [0.05, 0.1) is 6.42 Å². The molecule has 0 aromatic carbocycles. The predicted molar refractivity (Wildman–Crippen MR) is 316 cm³/mol. The zero-order chi connectivity index (χ0) is 52.9. The Balaban J connectivity index is 4.48. The molecule has 0 rings (SSSR count). The van der Waals surface area contributed by atoms with Crippen molar-refractivity contribution in [2.45, 2.75) is 271 Å². The van der Waals surface area contributed by atoms with Crippen molar-refractivity contribution in [3.63, 3.8) is 0 Å². The first-order chi connectivity index (χ1) is 36.0. The SMILES string of the molecule is CC/C=C\C/C=C\C/C=C\C/C=C\C/C=C\CCCC(=O)OC(COC(=O)C/C=C\C/C=C\C/C=C\C/C=C\C/C=C\CC)COC(=O)CCCCCCCCCCCCCCCCCCCCCCCCC. The van der Waals surface area contributed by atoms with Gasteiger partial charge in [0.1, 0.15) is 13.2 Å². The summed E-state index contributed by atoms with van der Waals surface area (Å²) in [5.41, 5.74) is 0. The maximum atomic E-state index is 12.8. The summed E-state index contributed by atoms with van der Waals surface area (Å²) in [6.07, 6.45) is 83.8. The number of carbonyl (C=O) groups is 3. The third-order valence-corrected chi connectivity index (χ3v) is 12.5. The second kappa shape index (κ2) is 60.4. The summed E-state index contributed by atoms with van der Waals surface area (Å²) in [4.78, 5) is 38.1. The van der Waals surface area contributed by atoms with Crippen molar-refractivity contribution in [3.8, 4) is 0 Å². The van der Waals surface area contributed by atoms with E-state index in [1.165, 1.54) is 128 Å². The van der Waals surface area contributed by atoms with E-state index in [1.54, 1.807) is 6.08 Å². The van der Waals surface area contributed by atoms with Crippen LogP contribution < -0.4 is 0 Å². The van der Waals surface area contributed by atoms with E-state index in [-0.39, 0.29) is 32.0 Å². The lowest BCUT2D eigenvalue weighted by Crippen LogP contribution is -2.30. The summed E-state index contributed by atoms with van der Waals surface area (Å²) in [5, 5.41) is 0. The van der Waals surface area contributed by atoms with Crippen LogP contribution in [-0.4, -0.2) is 37.2 Å². The van der Waals surface area contributed by atoms with E-state index in [4.69, 9.17) is 14.2 Å². The van der Waals surface area contributed by atoms with Gasteiger partial charge in [0.15, 0.2) is 6.10 Å². The normalized spacial score (nSPS) is 13.0. The fraction of sp³-hybridized carbons (Fsp3) is 0.657. The standard InChI is InChI=1S/C67H110O6/c1-4-7-10-13-16-19-22-25-28-30-31-32-33-34-35-37-39-42-45-48-51-54-57-60-66(69)72-63-64(62-71-65(68)59-56-53-50-47-44-41-38-27-24-21-18-15-12-9-6-3)73-67(70)61-58-55-52-49-46-43-40-36-29-26-23-20-17-14-11-8-5-2/h8-9,11-12,17-18,20-21,26-27,29,38,40,43-44,47,49,52-53,56,64H,4-7,10,13-16,19,22-25,28,30-37,39,41-42,45-46,48,50-51,54-55,57-63H2,1-3H3/b11-8-,12-9-,20-17-,21-18-,29-26-,38-27-,43-40-,47-44-,52-49-,56-53-. The average molecular weight is 1010 g/mol. The first-order valence-electron chi connectivity index (χ1n) is 30.0. The molecule has 0 aromatic heterocycles. The maximum Gasteiger partial charge on any atom is 0.309 e. The van der Waals surface area contributed by atoms with Crippen LogP contribution in [0.5, 0.6) is 0 Å². The molecule has 0 aliphatic carbocycles. The Morgan fingerprint density at radius 3 is 0.945 bits per heavy atom. The van der Waals surface area contributed by atoms with Crippen LogP contribution in [0.2, 0.25) is 0 Å². The van der Waals surface area contributed by atoms with Crippen molar-refractivity contribution >= 4 is 17.9 Å². The molecule has 6 heteroatoms. The van der Waals surface area contributed by atoms with E-state index >= 15 is 0 Å². The van der Waals surface area contributed by atoms with Crippen molar-refractivity contribution in [3.05, 3.63) is 122 Å². The molecule has 0 saturated heterocycles. The molecular weight excluding hydrogens is 901 g/mol. The summed E-state index contributed by atoms with van der Waals surface area (Å²) in [6.45, 7) is 6.29. The van der Waals surface area contributed by atoms with Gasteiger partial charge in [-0.15, -0.1) is 0 Å². The quantitative estimate of drug-likeness (QED) is 0.0261. The van der Waals surface area contributed by atoms with Crippen LogP contribution in [0.1, 0.15) is 265 Å². The zero-order valence-corrected chi connectivity index (χ0v) is 47.4. The lowest BCUT2D eigenvalue weighted by Gasteiger charge is -2.18. The second-order valence-electron chi connectivity index (χ2n) is 19.5. The van der Waals surface area contributed by atoms with Gasteiger partial charge in [0.2, 0.25) is 0 Å². The van der Waals surface area contributed by atoms with Gasteiger partial charge in [0.25, 0.3) is 0 Å². The van der Waals surface area contributed by atoms with E-state index in [0.717, 1.165) is 89.9 Å². The Morgan fingerprint density at radius 2 is 0.589 bits per heavy atom. The fourth-order valence-electron chi connectivity index (χ4n) is 8.08. The molecule has 0 amide bonds. The van der Waals surface area contributed by atoms with Crippen LogP contribution in [0.15, 0.2) is 122 Å². The lowest BCUT2D eigenvalue weighted by atomic mass is 10.0. The van der Waals surface area contributed by atoms with Crippen LogP contribution in [0.25, 0.3) is 0 Å². The number of ether oxygens (including phenoxy) is 3. The first-order valence-corrected chi connectivity index (χ1v) is 30.0. The largest absolute Gasteiger partial charge is 0.462 e. The lowest BCUT2D eigenvalue weighted by molar-refractivity contribution is -0.166. The highest BCUT2D eigenvalue weighted by molar-refractivity contribution is 5.72. The molecule has 0 fully saturated rings. The number of carbonyl (C=O) groups excluding carboxylic acids is 3. The van der Waals surface area contributed by atoms with E-state index < -0.39 is 18.0 Å². The van der Waals surface area contributed by atoms with Crippen molar-refractivity contribution in [1.29, 1.82) is 0 Å². The summed E-state index contributed by atoms with van der Waals surface area (Å²) < 4.78 is 16.7. The van der Waals surface area contributed by atoms with Gasteiger partial charge in [-0.25, -0.2) is 0 Å². The van der Waals surface area contributed by atoms with Crippen molar-refractivity contribution in [2.75, 3.05) is 13.2 Å². The second-order valence-corrected chi connectivity index (χ2v) is 19.5. The molecule has 0 spiro atoms. The van der Waals surface area contributed by atoms with Crippen molar-refractivity contribution in [1.82, 2.24) is 0 Å². The van der Waals surface area contributed by atoms with Gasteiger partial charge in [-0.3, -0.25) is 14.4 Å². The van der Waals surface area contributed by atoms with Crippen molar-refractivity contribution < 1.29 is 28.6 Å². The molecule has 1 unspecified atom stereocenters. The Hall–Kier alpha value is -4.19. The molecular formula is C67H110O6. The van der Waals surface area contributed by atoms with Crippen LogP contribution in [0.3, 0.4) is 0 Å². The molecule has 73 heavy (non-hydrogen) atoms. The monoisotopic (exact) mass is 1010 g/mol. The molecule has 0 N–H and O–H groups in total. The maximum absolute atomic E-state index is 12.8. The number of allylic oxidation sites excluding steroid dienone is 19.